The minimum absolute atomic E-state index is 0.0741. The summed E-state index contributed by atoms with van der Waals surface area (Å²) in [5.74, 6) is -0.123. The van der Waals surface area contributed by atoms with Gasteiger partial charge in [-0.25, -0.2) is 0 Å². The van der Waals surface area contributed by atoms with E-state index < -0.39 is 0 Å². The van der Waals surface area contributed by atoms with Crippen LogP contribution in [0.25, 0.3) is 0 Å². The first-order chi connectivity index (χ1) is 4.09. The molecule has 0 aliphatic carbocycles. The third-order valence-corrected chi connectivity index (χ3v) is 1.41. The van der Waals surface area contributed by atoms with Gasteiger partial charge < -0.3 is 11.1 Å². The second-order valence-corrected chi connectivity index (χ2v) is 2.22. The van der Waals surface area contributed by atoms with Gasteiger partial charge in [-0.2, -0.15) is 0 Å². The lowest BCUT2D eigenvalue weighted by molar-refractivity contribution is -0.103. The van der Waals surface area contributed by atoms with Crippen molar-refractivity contribution in [1.29, 1.82) is 5.41 Å². The van der Waals surface area contributed by atoms with Crippen LogP contribution in [-0.4, -0.2) is 18.0 Å². The van der Waals surface area contributed by atoms with Crippen molar-refractivity contribution >= 4 is 12.0 Å². The molecule has 2 unspecified atom stereocenters. The molecule has 0 aliphatic heterocycles. The summed E-state index contributed by atoms with van der Waals surface area (Å²) < 4.78 is 0. The van der Waals surface area contributed by atoms with Crippen LogP contribution in [0.4, 0.5) is 0 Å². The molecule has 0 aromatic rings. The molecule has 0 fully saturated rings. The van der Waals surface area contributed by atoms with Gasteiger partial charge in [0.15, 0.2) is 6.29 Å². The average Bonchev–Trinajstić information content (AvgIpc) is 1.84. The molecule has 0 bridgehead atoms. The second kappa shape index (κ2) is 3.35. The summed E-state index contributed by atoms with van der Waals surface area (Å²) in [6.45, 7) is 3.55. The Kier molecular flexibility index (Phi) is 3.09. The summed E-state index contributed by atoms with van der Waals surface area (Å²) in [4.78, 5) is 9.97. The highest BCUT2D eigenvalue weighted by atomic mass is 16.1. The molecule has 3 heteroatoms. The maximum Gasteiger partial charge on any atom is 0.163 e. The minimum atomic E-state index is -0.123. The quantitative estimate of drug-likeness (QED) is 0.421. The monoisotopic (exact) mass is 128 g/mol. The Labute approximate surface area is 54.8 Å². The Morgan fingerprint density at radius 2 is 2.11 bits per heavy atom. The SMILES string of the molecule is CC(N)C(C)C(=N)C=O. The average molecular weight is 128 g/mol. The first-order valence-electron chi connectivity index (χ1n) is 2.88. The van der Waals surface area contributed by atoms with Gasteiger partial charge in [-0.1, -0.05) is 6.92 Å². The number of nitrogens with one attached hydrogen (secondary N) is 1. The molecular formula is C6H12N2O. The predicted molar refractivity (Wildman–Crippen MR) is 36.6 cm³/mol. The van der Waals surface area contributed by atoms with Gasteiger partial charge in [-0.15, -0.1) is 0 Å². The molecule has 3 N–H and O–H groups in total. The Bertz CT molecular complexity index is 120. The minimum Gasteiger partial charge on any atom is -0.327 e. The van der Waals surface area contributed by atoms with Gasteiger partial charge >= 0.3 is 0 Å². The Morgan fingerprint density at radius 3 is 2.22 bits per heavy atom. The van der Waals surface area contributed by atoms with Gasteiger partial charge in [0.05, 0.1) is 5.71 Å². The largest absolute Gasteiger partial charge is 0.327 e. The van der Waals surface area contributed by atoms with Crippen molar-refractivity contribution in [2.75, 3.05) is 0 Å². The molecule has 2 atom stereocenters. The van der Waals surface area contributed by atoms with Crippen LogP contribution in [-0.2, 0) is 4.79 Å². The van der Waals surface area contributed by atoms with E-state index in [4.69, 9.17) is 11.1 Å². The first-order valence-corrected chi connectivity index (χ1v) is 2.88. The lowest BCUT2D eigenvalue weighted by atomic mass is 10.00. The van der Waals surface area contributed by atoms with E-state index in [1.807, 2.05) is 0 Å². The van der Waals surface area contributed by atoms with Gasteiger partial charge in [-0.3, -0.25) is 4.79 Å². The summed E-state index contributed by atoms with van der Waals surface area (Å²) in [5.41, 5.74) is 5.49. The normalized spacial score (nSPS) is 16.3. The molecule has 0 aliphatic rings. The maximum atomic E-state index is 9.97. The molecule has 3 nitrogen and oxygen atoms in total. The zero-order chi connectivity index (χ0) is 7.44. The summed E-state index contributed by atoms with van der Waals surface area (Å²) in [7, 11) is 0. The Morgan fingerprint density at radius 1 is 1.67 bits per heavy atom. The van der Waals surface area contributed by atoms with Crippen molar-refractivity contribution in [2.45, 2.75) is 19.9 Å². The van der Waals surface area contributed by atoms with E-state index >= 15 is 0 Å². The van der Waals surface area contributed by atoms with Gasteiger partial charge in [0.2, 0.25) is 0 Å². The fourth-order valence-electron chi connectivity index (χ4n) is 0.391. The highest BCUT2D eigenvalue weighted by Crippen LogP contribution is 1.98. The fraction of sp³-hybridized carbons (Fsp3) is 0.667. The topological polar surface area (TPSA) is 66.9 Å². The lowest BCUT2D eigenvalue weighted by Gasteiger charge is -2.11. The van der Waals surface area contributed by atoms with Crippen LogP contribution >= 0.6 is 0 Å². The molecule has 9 heavy (non-hydrogen) atoms. The van der Waals surface area contributed by atoms with E-state index in [2.05, 4.69) is 0 Å². The maximum absolute atomic E-state index is 9.97. The third kappa shape index (κ3) is 2.37. The first kappa shape index (κ1) is 8.30. The molecule has 0 saturated carbocycles. The van der Waals surface area contributed by atoms with Crippen molar-refractivity contribution in [3.8, 4) is 0 Å². The van der Waals surface area contributed by atoms with Crippen LogP contribution in [0.5, 0.6) is 0 Å². The molecule has 0 saturated heterocycles. The van der Waals surface area contributed by atoms with Crippen molar-refractivity contribution in [3.05, 3.63) is 0 Å². The molecule has 0 radical (unpaired) electrons. The van der Waals surface area contributed by atoms with Crippen molar-refractivity contribution in [1.82, 2.24) is 0 Å². The summed E-state index contributed by atoms with van der Waals surface area (Å²) in [6, 6.07) is -0.109. The third-order valence-electron chi connectivity index (χ3n) is 1.41. The van der Waals surface area contributed by atoms with Crippen LogP contribution in [0.3, 0.4) is 0 Å². The summed E-state index contributed by atoms with van der Waals surface area (Å²) in [5, 5.41) is 7.03. The molecule has 0 spiro atoms. The molecule has 0 heterocycles. The van der Waals surface area contributed by atoms with Crippen LogP contribution in [0.1, 0.15) is 13.8 Å². The van der Waals surface area contributed by atoms with Gasteiger partial charge in [0.25, 0.3) is 0 Å². The summed E-state index contributed by atoms with van der Waals surface area (Å²) >= 11 is 0. The number of carbonyl (C=O) groups is 1. The molecular weight excluding hydrogens is 116 g/mol. The van der Waals surface area contributed by atoms with Crippen LogP contribution in [0, 0.1) is 11.3 Å². The number of rotatable bonds is 3. The summed E-state index contributed by atoms with van der Waals surface area (Å²) in [6.07, 6.45) is 0.536. The zero-order valence-corrected chi connectivity index (χ0v) is 5.72. The lowest BCUT2D eigenvalue weighted by Crippen LogP contribution is -2.30. The zero-order valence-electron chi connectivity index (χ0n) is 5.72. The highest BCUT2D eigenvalue weighted by molar-refractivity contribution is 6.27. The van der Waals surface area contributed by atoms with Gasteiger partial charge in [-0.05, 0) is 6.92 Å². The number of aldehydes is 1. The van der Waals surface area contributed by atoms with E-state index in [9.17, 15) is 4.79 Å². The smallest absolute Gasteiger partial charge is 0.163 e. The van der Waals surface area contributed by atoms with Crippen molar-refractivity contribution < 1.29 is 4.79 Å². The molecule has 0 aromatic heterocycles. The van der Waals surface area contributed by atoms with Crippen LogP contribution in [0.2, 0.25) is 0 Å². The molecule has 0 amide bonds. The van der Waals surface area contributed by atoms with E-state index in [0.29, 0.717) is 6.29 Å². The standard InChI is InChI=1S/C6H12N2O/c1-4(5(2)7)6(8)3-9/h3-5,8H,7H2,1-2H3. The molecule has 0 aromatic carbocycles. The van der Waals surface area contributed by atoms with E-state index in [-0.39, 0.29) is 17.7 Å². The van der Waals surface area contributed by atoms with E-state index in [0.717, 1.165) is 0 Å². The number of hydrogen-bond donors (Lipinski definition) is 2. The second-order valence-electron chi connectivity index (χ2n) is 2.22. The van der Waals surface area contributed by atoms with E-state index in [1.165, 1.54) is 0 Å². The van der Waals surface area contributed by atoms with Crippen LogP contribution < -0.4 is 5.73 Å². The number of hydrogen-bond acceptors (Lipinski definition) is 3. The highest BCUT2D eigenvalue weighted by Gasteiger charge is 2.11. The number of nitrogens with two attached hydrogens (primary N) is 1. The van der Waals surface area contributed by atoms with Gasteiger partial charge in [0, 0.05) is 12.0 Å². The van der Waals surface area contributed by atoms with Crippen molar-refractivity contribution in [3.63, 3.8) is 0 Å². The van der Waals surface area contributed by atoms with Crippen molar-refractivity contribution in [2.24, 2.45) is 11.7 Å². The Hall–Kier alpha value is -0.700. The molecule has 52 valence electrons. The fourth-order valence-corrected chi connectivity index (χ4v) is 0.391. The number of carbonyl (C=O) groups excluding carboxylic acids is 1. The van der Waals surface area contributed by atoms with Gasteiger partial charge in [0.1, 0.15) is 0 Å². The van der Waals surface area contributed by atoms with Crippen LogP contribution in [0.15, 0.2) is 0 Å². The van der Waals surface area contributed by atoms with E-state index in [1.54, 1.807) is 13.8 Å². The predicted octanol–water partition coefficient (Wildman–Crippen LogP) is 0.188. The Balaban J connectivity index is 3.87. The molecule has 0 rings (SSSR count).